The monoisotopic (exact) mass is 452 g/mol. The van der Waals surface area contributed by atoms with Crippen molar-refractivity contribution in [3.63, 3.8) is 0 Å². The first kappa shape index (κ1) is 25.1. The third-order valence-electron chi connectivity index (χ3n) is 5.01. The van der Waals surface area contributed by atoms with Gasteiger partial charge in [0.25, 0.3) is 0 Å². The number of hydrogen-bond donors (Lipinski definition) is 0. The van der Waals surface area contributed by atoms with Crippen LogP contribution in [0.4, 0.5) is 0 Å². The molecule has 0 atom stereocenters. The van der Waals surface area contributed by atoms with Gasteiger partial charge in [-0.05, 0) is 30.4 Å². The van der Waals surface area contributed by atoms with E-state index in [9.17, 15) is 0 Å². The van der Waals surface area contributed by atoms with Crippen LogP contribution in [0.3, 0.4) is 0 Å². The third-order valence-corrected chi connectivity index (χ3v) is 8.65. The average Bonchev–Trinajstić information content (AvgIpc) is 2.71. The normalized spacial score (nSPS) is 12.6. The fourth-order valence-electron chi connectivity index (χ4n) is 3.03. The highest BCUT2D eigenvalue weighted by molar-refractivity contribution is 6.73. The number of hydrogen-bond acceptors (Lipinski definition) is 4. The van der Waals surface area contributed by atoms with Gasteiger partial charge >= 0.3 is 0 Å². The van der Waals surface area contributed by atoms with E-state index in [0.717, 1.165) is 32.4 Å². The zero-order valence-corrected chi connectivity index (χ0v) is 22.3. The number of nitrogens with zero attached hydrogens (tertiary/aromatic N) is 4. The van der Waals surface area contributed by atoms with E-state index in [-0.39, 0.29) is 0 Å². The molecule has 2 rings (SSSR count). The Balaban J connectivity index is 1.83. The minimum absolute atomic E-state index is 0.888. The van der Waals surface area contributed by atoms with E-state index in [1.807, 2.05) is 0 Å². The standard InChI is InChI=1S/C25H40N4Si2/c1-30(2,3)28(22-24-16-10-7-11-17-24)26-20-14-9-15-21-27-29(31(4,5)6)23-25-18-12-8-13-19-25/h7-8,10-13,16-21H,9,14-15,22-23H2,1-6H3/b26-20+,27-21+. The predicted molar refractivity (Wildman–Crippen MR) is 141 cm³/mol. The number of benzene rings is 2. The molecule has 2 aromatic carbocycles. The molecule has 0 aliphatic heterocycles. The molecule has 0 aromatic heterocycles. The van der Waals surface area contributed by atoms with E-state index in [4.69, 9.17) is 10.2 Å². The maximum absolute atomic E-state index is 4.84. The lowest BCUT2D eigenvalue weighted by atomic mass is 10.2. The van der Waals surface area contributed by atoms with Crippen LogP contribution in [-0.4, -0.2) is 38.2 Å². The van der Waals surface area contributed by atoms with Crippen LogP contribution in [0.25, 0.3) is 0 Å². The maximum atomic E-state index is 4.84. The van der Waals surface area contributed by atoms with Gasteiger partial charge in [-0.1, -0.05) is 99.9 Å². The van der Waals surface area contributed by atoms with Gasteiger partial charge in [-0.15, -0.1) is 0 Å². The van der Waals surface area contributed by atoms with Gasteiger partial charge in [0.2, 0.25) is 0 Å². The van der Waals surface area contributed by atoms with Crippen LogP contribution in [0.5, 0.6) is 0 Å². The molecule has 168 valence electrons. The largest absolute Gasteiger partial charge is 0.321 e. The molecule has 0 saturated heterocycles. The lowest BCUT2D eigenvalue weighted by molar-refractivity contribution is 0.443. The Labute approximate surface area is 191 Å². The highest BCUT2D eigenvalue weighted by Gasteiger charge is 2.23. The summed E-state index contributed by atoms with van der Waals surface area (Å²) in [6.07, 6.45) is 7.22. The van der Waals surface area contributed by atoms with Crippen molar-refractivity contribution in [2.24, 2.45) is 10.2 Å². The fourth-order valence-corrected chi connectivity index (χ4v) is 5.20. The molecule has 0 amide bonds. The quantitative estimate of drug-likeness (QED) is 0.153. The van der Waals surface area contributed by atoms with Crippen LogP contribution >= 0.6 is 0 Å². The van der Waals surface area contributed by atoms with Crippen molar-refractivity contribution < 1.29 is 0 Å². The summed E-state index contributed by atoms with van der Waals surface area (Å²) in [6, 6.07) is 21.2. The molecular formula is C25H40N4Si2. The smallest absolute Gasteiger partial charge is 0.169 e. The molecule has 2 aromatic rings. The molecule has 4 nitrogen and oxygen atoms in total. The van der Waals surface area contributed by atoms with Crippen molar-refractivity contribution in [1.29, 1.82) is 0 Å². The Morgan fingerprint density at radius 1 is 0.613 bits per heavy atom. The summed E-state index contributed by atoms with van der Waals surface area (Å²) in [5, 5.41) is 9.68. The van der Waals surface area contributed by atoms with E-state index in [2.05, 4.69) is 122 Å². The van der Waals surface area contributed by atoms with Gasteiger partial charge in [-0.3, -0.25) is 0 Å². The number of hydrazone groups is 2. The summed E-state index contributed by atoms with van der Waals surface area (Å²) in [5.41, 5.74) is 2.64. The summed E-state index contributed by atoms with van der Waals surface area (Å²) < 4.78 is 4.62. The molecule has 0 N–H and O–H groups in total. The Hall–Kier alpha value is -2.19. The Morgan fingerprint density at radius 3 is 1.29 bits per heavy atom. The van der Waals surface area contributed by atoms with E-state index < -0.39 is 16.5 Å². The molecule has 0 spiro atoms. The van der Waals surface area contributed by atoms with E-state index >= 15 is 0 Å². The second-order valence-electron chi connectivity index (χ2n) is 9.96. The predicted octanol–water partition coefficient (Wildman–Crippen LogP) is 6.80. The molecule has 0 radical (unpaired) electrons. The fraction of sp³-hybridized carbons (Fsp3) is 0.440. The average molecular weight is 453 g/mol. The summed E-state index contributed by atoms with van der Waals surface area (Å²) in [5.74, 6) is 0. The van der Waals surface area contributed by atoms with Crippen LogP contribution in [0.1, 0.15) is 30.4 Å². The van der Waals surface area contributed by atoms with E-state index in [0.29, 0.717) is 0 Å². The van der Waals surface area contributed by atoms with E-state index in [1.54, 1.807) is 0 Å². The van der Waals surface area contributed by atoms with Crippen molar-refractivity contribution in [3.05, 3.63) is 71.8 Å². The summed E-state index contributed by atoms with van der Waals surface area (Å²) in [6.45, 7) is 15.8. The lowest BCUT2D eigenvalue weighted by Gasteiger charge is -2.31. The number of rotatable bonds is 12. The second kappa shape index (κ2) is 12.0. The molecule has 0 heterocycles. The van der Waals surface area contributed by atoms with Gasteiger partial charge in [-0.2, -0.15) is 10.2 Å². The van der Waals surface area contributed by atoms with Crippen LogP contribution in [0.15, 0.2) is 70.9 Å². The Bertz CT molecular complexity index is 739. The van der Waals surface area contributed by atoms with Crippen LogP contribution in [0.2, 0.25) is 39.3 Å². The Morgan fingerprint density at radius 2 is 0.968 bits per heavy atom. The van der Waals surface area contributed by atoms with Crippen molar-refractivity contribution in [1.82, 2.24) is 9.35 Å². The van der Waals surface area contributed by atoms with Gasteiger partial charge in [-0.25, -0.2) is 0 Å². The van der Waals surface area contributed by atoms with Crippen molar-refractivity contribution in [2.75, 3.05) is 0 Å². The Kier molecular flexibility index (Phi) is 9.71. The SMILES string of the molecule is C[Si](C)(C)N(Cc1ccccc1)/N=C/CCC/C=N/N(Cc1ccccc1)[Si](C)(C)C. The summed E-state index contributed by atoms with van der Waals surface area (Å²) >= 11 is 0. The molecule has 0 unspecified atom stereocenters. The first-order valence-corrected chi connectivity index (χ1v) is 18.2. The minimum Gasteiger partial charge on any atom is -0.321 e. The molecule has 0 bridgehead atoms. The molecule has 0 saturated carbocycles. The highest BCUT2D eigenvalue weighted by Crippen LogP contribution is 2.16. The second-order valence-corrected chi connectivity index (χ2v) is 19.7. The first-order chi connectivity index (χ1) is 14.7. The van der Waals surface area contributed by atoms with Crippen molar-refractivity contribution >= 4 is 28.9 Å². The van der Waals surface area contributed by atoms with Crippen LogP contribution in [-0.2, 0) is 13.1 Å². The van der Waals surface area contributed by atoms with E-state index in [1.165, 1.54) is 11.1 Å². The topological polar surface area (TPSA) is 31.2 Å². The third kappa shape index (κ3) is 9.65. The molecular weight excluding hydrogens is 412 g/mol. The minimum atomic E-state index is -1.51. The molecule has 0 aliphatic carbocycles. The van der Waals surface area contributed by atoms with Gasteiger partial charge < -0.3 is 9.35 Å². The summed E-state index contributed by atoms with van der Waals surface area (Å²) in [7, 11) is -3.02. The molecule has 0 fully saturated rings. The van der Waals surface area contributed by atoms with Crippen LogP contribution in [0, 0.1) is 0 Å². The van der Waals surface area contributed by atoms with Crippen LogP contribution < -0.4 is 0 Å². The molecule has 0 aliphatic rings. The highest BCUT2D eigenvalue weighted by atomic mass is 28.3. The van der Waals surface area contributed by atoms with Gasteiger partial charge in [0, 0.05) is 12.4 Å². The van der Waals surface area contributed by atoms with Crippen molar-refractivity contribution in [3.8, 4) is 0 Å². The van der Waals surface area contributed by atoms with Gasteiger partial charge in [0.15, 0.2) is 16.5 Å². The first-order valence-electron chi connectivity index (χ1n) is 11.3. The molecule has 6 heteroatoms. The number of unbranched alkanes of at least 4 members (excludes halogenated alkanes) is 2. The molecule has 31 heavy (non-hydrogen) atoms. The summed E-state index contributed by atoms with van der Waals surface area (Å²) in [4.78, 5) is 0. The zero-order chi connectivity index (χ0) is 22.7. The van der Waals surface area contributed by atoms with Gasteiger partial charge in [0.05, 0.1) is 13.1 Å². The van der Waals surface area contributed by atoms with Gasteiger partial charge in [0.1, 0.15) is 0 Å². The lowest BCUT2D eigenvalue weighted by Crippen LogP contribution is -2.41. The van der Waals surface area contributed by atoms with Crippen molar-refractivity contribution in [2.45, 2.75) is 71.6 Å². The maximum Gasteiger partial charge on any atom is 0.169 e. The zero-order valence-electron chi connectivity index (χ0n) is 20.3.